The topological polar surface area (TPSA) is 196 Å². The van der Waals surface area contributed by atoms with Gasteiger partial charge in [0.05, 0.1) is 45.9 Å². The van der Waals surface area contributed by atoms with E-state index in [2.05, 4.69) is 14.8 Å². The molecule has 1 fully saturated rings. The minimum absolute atomic E-state index is 0.0160. The summed E-state index contributed by atoms with van der Waals surface area (Å²) in [5.41, 5.74) is 7.04. The summed E-state index contributed by atoms with van der Waals surface area (Å²) in [4.78, 5) is 81.1. The molecule has 5 amide bonds. The second-order valence-corrected chi connectivity index (χ2v) is 12.3. The Kier molecular flexibility index (Phi) is 8.36. The fourth-order valence-corrected chi connectivity index (χ4v) is 6.92. The van der Waals surface area contributed by atoms with Gasteiger partial charge in [-0.3, -0.25) is 33.7 Å². The number of primary amides is 1. The average molecular weight is 712 g/mol. The van der Waals surface area contributed by atoms with Gasteiger partial charge in [-0.1, -0.05) is 12.1 Å². The number of anilines is 3. The Morgan fingerprint density at radius 2 is 1.73 bits per heavy atom. The van der Waals surface area contributed by atoms with E-state index in [1.165, 1.54) is 58.1 Å². The maximum atomic E-state index is 13.8. The summed E-state index contributed by atoms with van der Waals surface area (Å²) in [6.45, 7) is 2.81. The molecule has 7 rings (SSSR count). The lowest BCUT2D eigenvalue weighted by Crippen LogP contribution is -2.56. The van der Waals surface area contributed by atoms with Gasteiger partial charge in [-0.15, -0.1) is 5.10 Å². The molecule has 15 nitrogen and oxygen atoms in total. The van der Waals surface area contributed by atoms with Gasteiger partial charge in [-0.25, -0.2) is 14.0 Å². The molecule has 0 unspecified atom stereocenters. The van der Waals surface area contributed by atoms with E-state index >= 15 is 0 Å². The first kappa shape index (κ1) is 33.2. The van der Waals surface area contributed by atoms with E-state index in [0.717, 1.165) is 23.4 Å². The van der Waals surface area contributed by atoms with Gasteiger partial charge < -0.3 is 20.5 Å². The third-order valence-corrected chi connectivity index (χ3v) is 9.17. The van der Waals surface area contributed by atoms with Crippen molar-refractivity contribution in [2.24, 2.45) is 5.73 Å². The summed E-state index contributed by atoms with van der Waals surface area (Å²) < 4.78 is 30.5. The molecule has 51 heavy (non-hydrogen) atoms. The van der Waals surface area contributed by atoms with Crippen molar-refractivity contribution in [2.75, 3.05) is 28.3 Å². The largest absolute Gasteiger partial charge is 0.449 e. The highest BCUT2D eigenvalue weighted by Gasteiger charge is 2.44. The number of nitrogens with zero attached hydrogens (tertiary/aromatic N) is 5. The molecule has 17 heteroatoms. The summed E-state index contributed by atoms with van der Waals surface area (Å²) in [5, 5.41) is 7.27. The van der Waals surface area contributed by atoms with Crippen molar-refractivity contribution >= 4 is 74.4 Å². The third kappa shape index (κ3) is 5.77. The van der Waals surface area contributed by atoms with Gasteiger partial charge in [0.15, 0.2) is 17.7 Å². The molecule has 0 saturated carbocycles. The zero-order chi connectivity index (χ0) is 36.1. The summed E-state index contributed by atoms with van der Waals surface area (Å²) in [6.07, 6.45) is -3.42. The van der Waals surface area contributed by atoms with E-state index in [4.69, 9.17) is 15.2 Å². The van der Waals surface area contributed by atoms with Crippen molar-refractivity contribution in [3.8, 4) is 5.69 Å². The molecular weight excluding hydrogens is 685 g/mol. The van der Waals surface area contributed by atoms with Crippen molar-refractivity contribution in [3.05, 3.63) is 94.9 Å². The number of fused-ring (bicyclic) bond motifs is 2. The number of halogens is 1. The number of rotatable bonds is 8. The van der Waals surface area contributed by atoms with Gasteiger partial charge in [0.1, 0.15) is 5.82 Å². The number of ether oxygens (including phenoxy) is 2. The van der Waals surface area contributed by atoms with Gasteiger partial charge in [0.25, 0.3) is 29.5 Å². The van der Waals surface area contributed by atoms with Crippen molar-refractivity contribution < 1.29 is 42.6 Å². The number of amides is 5. The molecule has 2 aromatic heterocycles. The second kappa shape index (κ2) is 12.8. The Labute approximate surface area is 291 Å². The summed E-state index contributed by atoms with van der Waals surface area (Å²) in [6, 6.07) is 16.3. The first-order chi connectivity index (χ1) is 24.4. The fourth-order valence-electron chi connectivity index (χ4n) is 6.00. The van der Waals surface area contributed by atoms with Gasteiger partial charge in [-0.05, 0) is 67.0 Å². The van der Waals surface area contributed by atoms with Crippen LogP contribution in [0, 0.1) is 12.7 Å². The number of benzene rings is 3. The van der Waals surface area contributed by atoms with Crippen LogP contribution in [0.1, 0.15) is 43.7 Å². The zero-order valence-corrected chi connectivity index (χ0v) is 27.6. The molecule has 3 N–H and O–H groups in total. The number of imide groups is 1. The molecule has 2 atom stereocenters. The minimum Gasteiger partial charge on any atom is -0.449 e. The van der Waals surface area contributed by atoms with Gasteiger partial charge in [0.2, 0.25) is 6.10 Å². The standard InChI is InChI=1S/C34H26FN7O8S/c1-16-15-24(38-42(16)19-9-7-18(35)8-10-19)40-13-14-49-27(34(40)48)26(50-17(2)43)31(45)37-23-12-11-22-28(25(23)29(36)44)51-39-30(22)41-32(46)20-5-3-4-6-21(20)33(41)47/h3-12,15,26-27H,13-14H2,1-2H3,(H2,36,44)(H,37,45)/t26-,27-/m1/s1. The number of carbonyl (C=O) groups is 6. The Hall–Kier alpha value is -6.33. The molecule has 2 aliphatic rings. The molecule has 258 valence electrons. The lowest BCUT2D eigenvalue weighted by Gasteiger charge is -2.34. The SMILES string of the molecule is CC(=O)O[C@@H](C(=O)Nc1ccc2c(N3C(=O)c4ccccc4C3=O)nsc2c1C(N)=O)[C@H]1OCCN(c2cc(C)n(-c3ccc(F)cc3)n2)C1=O. The minimum atomic E-state index is -1.81. The van der Waals surface area contributed by atoms with Crippen molar-refractivity contribution in [3.63, 3.8) is 0 Å². The zero-order valence-electron chi connectivity index (χ0n) is 26.8. The predicted octanol–water partition coefficient (Wildman–Crippen LogP) is 3.13. The van der Waals surface area contributed by atoms with Crippen molar-refractivity contribution in [1.29, 1.82) is 0 Å². The normalized spacial score (nSPS) is 16.4. The molecule has 0 radical (unpaired) electrons. The van der Waals surface area contributed by atoms with Crippen molar-refractivity contribution in [2.45, 2.75) is 26.1 Å². The number of nitrogens with one attached hydrogen (secondary N) is 1. The van der Waals surface area contributed by atoms with E-state index in [1.807, 2.05) is 0 Å². The van der Waals surface area contributed by atoms with E-state index in [1.54, 1.807) is 25.1 Å². The Morgan fingerprint density at radius 3 is 2.37 bits per heavy atom. The maximum Gasteiger partial charge on any atom is 0.303 e. The highest BCUT2D eigenvalue weighted by Crippen LogP contribution is 2.39. The molecule has 5 aromatic rings. The van der Waals surface area contributed by atoms with Crippen LogP contribution < -0.4 is 20.9 Å². The predicted molar refractivity (Wildman–Crippen MR) is 180 cm³/mol. The highest BCUT2D eigenvalue weighted by molar-refractivity contribution is 7.14. The van der Waals surface area contributed by atoms with E-state index < -0.39 is 53.5 Å². The molecule has 3 aromatic carbocycles. The number of esters is 1. The quantitative estimate of drug-likeness (QED) is 0.178. The van der Waals surface area contributed by atoms with Crippen LogP contribution in [0.2, 0.25) is 0 Å². The number of hydrogen-bond acceptors (Lipinski definition) is 11. The first-order valence-electron chi connectivity index (χ1n) is 15.4. The summed E-state index contributed by atoms with van der Waals surface area (Å²) in [7, 11) is 0. The number of hydrogen-bond donors (Lipinski definition) is 2. The third-order valence-electron chi connectivity index (χ3n) is 8.30. The van der Waals surface area contributed by atoms with Crippen LogP contribution in [0.15, 0.2) is 66.7 Å². The molecule has 4 heterocycles. The Morgan fingerprint density at radius 1 is 1.04 bits per heavy atom. The molecule has 0 spiro atoms. The van der Waals surface area contributed by atoms with Crippen LogP contribution >= 0.6 is 11.5 Å². The second-order valence-electron chi connectivity index (χ2n) is 11.6. The monoisotopic (exact) mass is 711 g/mol. The number of carbonyl (C=O) groups excluding carboxylic acids is 6. The fraction of sp³-hybridized carbons (Fsp3) is 0.176. The summed E-state index contributed by atoms with van der Waals surface area (Å²) in [5.74, 6) is -5.00. The van der Waals surface area contributed by atoms with Gasteiger partial charge >= 0.3 is 5.97 Å². The lowest BCUT2D eigenvalue weighted by atomic mass is 10.1. The smallest absolute Gasteiger partial charge is 0.303 e. The van der Waals surface area contributed by atoms with Crippen LogP contribution in [-0.2, 0) is 23.9 Å². The van der Waals surface area contributed by atoms with Crippen LogP contribution in [0.25, 0.3) is 15.8 Å². The van der Waals surface area contributed by atoms with Crippen LogP contribution in [0.3, 0.4) is 0 Å². The lowest BCUT2D eigenvalue weighted by molar-refractivity contribution is -0.167. The summed E-state index contributed by atoms with van der Waals surface area (Å²) >= 11 is 0.781. The van der Waals surface area contributed by atoms with E-state index in [-0.39, 0.29) is 57.3 Å². The van der Waals surface area contributed by atoms with Crippen LogP contribution in [-0.4, -0.2) is 75.0 Å². The molecule has 0 bridgehead atoms. The molecule has 0 aliphatic carbocycles. The number of aryl methyl sites for hydroxylation is 1. The maximum absolute atomic E-state index is 13.8. The Bertz CT molecular complexity index is 2270. The average Bonchev–Trinajstić information content (AvgIpc) is 3.77. The van der Waals surface area contributed by atoms with Crippen LogP contribution in [0.4, 0.5) is 21.7 Å². The number of nitrogens with two attached hydrogens (primary N) is 1. The van der Waals surface area contributed by atoms with E-state index in [0.29, 0.717) is 11.4 Å². The number of aromatic nitrogens is 3. The van der Waals surface area contributed by atoms with Gasteiger partial charge in [-0.2, -0.15) is 4.37 Å². The highest BCUT2D eigenvalue weighted by atomic mass is 32.1. The molecule has 2 aliphatic heterocycles. The molecular formula is C34H26FN7O8S. The molecule has 1 saturated heterocycles. The van der Waals surface area contributed by atoms with Gasteiger partial charge in [0, 0.05) is 24.1 Å². The number of morpholine rings is 1. The first-order valence-corrected chi connectivity index (χ1v) is 16.2. The van der Waals surface area contributed by atoms with E-state index in [9.17, 15) is 33.2 Å². The van der Waals surface area contributed by atoms with Crippen molar-refractivity contribution in [1.82, 2.24) is 14.2 Å². The van der Waals surface area contributed by atoms with Crippen LogP contribution in [0.5, 0.6) is 0 Å². The Balaban J connectivity index is 1.17.